The van der Waals surface area contributed by atoms with Crippen LogP contribution in [0.4, 0.5) is 4.39 Å². The van der Waals surface area contributed by atoms with Crippen molar-refractivity contribution < 1.29 is 9.13 Å². The fourth-order valence-corrected chi connectivity index (χ4v) is 4.80. The van der Waals surface area contributed by atoms with E-state index in [9.17, 15) is 9.18 Å². The molecule has 0 aliphatic heterocycles. The summed E-state index contributed by atoms with van der Waals surface area (Å²) >= 11 is 13.2. The van der Waals surface area contributed by atoms with Gasteiger partial charge in [0.1, 0.15) is 24.0 Å². The van der Waals surface area contributed by atoms with Crippen molar-refractivity contribution in [2.75, 3.05) is 0 Å². The second-order valence-corrected chi connectivity index (χ2v) is 10.1. The molecule has 0 N–H and O–H groups in total. The summed E-state index contributed by atoms with van der Waals surface area (Å²) in [6.07, 6.45) is 3.99. The average Bonchev–Trinajstić information content (AvgIpc) is 2.83. The lowest BCUT2D eigenvalue weighted by molar-refractivity contribution is 0.303. The van der Waals surface area contributed by atoms with Gasteiger partial charge in [0.15, 0.2) is 0 Å². The molecule has 1 aromatic heterocycles. The third-order valence-corrected chi connectivity index (χ3v) is 6.58. The molecule has 3 aromatic carbocycles. The summed E-state index contributed by atoms with van der Waals surface area (Å²) in [7, 11) is 0. The number of hydrogen-bond donors (Lipinski definition) is 0. The highest BCUT2D eigenvalue weighted by molar-refractivity contribution is 9.10. The van der Waals surface area contributed by atoms with Crippen molar-refractivity contribution >= 4 is 60.6 Å². The number of unbranched alkanes of at least 4 members (excludes halogenated alkanes) is 1. The minimum Gasteiger partial charge on any atom is -0.487 e. The van der Waals surface area contributed by atoms with Crippen molar-refractivity contribution in [3.8, 4) is 5.75 Å². The lowest BCUT2D eigenvalue weighted by Crippen LogP contribution is -2.22. The quantitative estimate of drug-likeness (QED) is 0.191. The van der Waals surface area contributed by atoms with Gasteiger partial charge in [-0.15, -0.1) is 0 Å². The third-order valence-electron chi connectivity index (χ3n) is 5.28. The van der Waals surface area contributed by atoms with Gasteiger partial charge in [0, 0.05) is 21.5 Å². The Hall–Kier alpha value is -2.55. The number of nitrogens with zero attached hydrogens (tertiary/aromatic N) is 3. The summed E-state index contributed by atoms with van der Waals surface area (Å²) < 4.78 is 22.0. The Bertz CT molecular complexity index is 1460. The van der Waals surface area contributed by atoms with Crippen molar-refractivity contribution in [3.05, 3.63) is 102 Å². The van der Waals surface area contributed by atoms with E-state index in [4.69, 9.17) is 21.3 Å². The summed E-state index contributed by atoms with van der Waals surface area (Å²) in [5.41, 5.74) is 1.76. The molecule has 0 aliphatic rings. The molecule has 180 valence electrons. The Morgan fingerprint density at radius 1 is 1.14 bits per heavy atom. The van der Waals surface area contributed by atoms with Gasteiger partial charge in [-0.1, -0.05) is 53.0 Å². The largest absolute Gasteiger partial charge is 0.487 e. The highest BCUT2D eigenvalue weighted by Gasteiger charge is 2.13. The van der Waals surface area contributed by atoms with E-state index in [0.717, 1.165) is 22.9 Å². The minimum absolute atomic E-state index is 0.217. The Balaban J connectivity index is 1.74. The zero-order valence-corrected chi connectivity index (χ0v) is 22.7. The van der Waals surface area contributed by atoms with Gasteiger partial charge in [0.2, 0.25) is 0 Å². The van der Waals surface area contributed by atoms with Crippen LogP contribution < -0.4 is 10.3 Å². The molecule has 0 unspecified atom stereocenters. The van der Waals surface area contributed by atoms with Crippen LogP contribution in [0, 0.1) is 5.82 Å². The topological polar surface area (TPSA) is 56.5 Å². The second kappa shape index (κ2) is 11.5. The predicted octanol–water partition coefficient (Wildman–Crippen LogP) is 7.52. The van der Waals surface area contributed by atoms with E-state index in [1.54, 1.807) is 36.5 Å². The van der Waals surface area contributed by atoms with Crippen molar-refractivity contribution in [1.29, 1.82) is 0 Å². The fourth-order valence-electron chi connectivity index (χ4n) is 3.50. The first-order valence-electron chi connectivity index (χ1n) is 11.0. The number of ether oxygens (including phenoxy) is 1. The number of rotatable bonds is 8. The van der Waals surface area contributed by atoms with Crippen molar-refractivity contribution in [2.45, 2.75) is 32.8 Å². The molecule has 0 saturated carbocycles. The first-order chi connectivity index (χ1) is 16.9. The molecule has 0 spiro atoms. The van der Waals surface area contributed by atoms with Crippen LogP contribution in [0.5, 0.6) is 5.75 Å². The van der Waals surface area contributed by atoms with E-state index in [2.05, 4.69) is 43.9 Å². The summed E-state index contributed by atoms with van der Waals surface area (Å²) in [4.78, 5) is 18.0. The lowest BCUT2D eigenvalue weighted by Gasteiger charge is -2.13. The summed E-state index contributed by atoms with van der Waals surface area (Å²) in [5.74, 6) is 0.773. The third kappa shape index (κ3) is 6.18. The van der Waals surface area contributed by atoms with Crippen molar-refractivity contribution in [2.24, 2.45) is 5.10 Å². The number of aromatic nitrogens is 2. The molecule has 0 atom stereocenters. The predicted molar refractivity (Wildman–Crippen MR) is 145 cm³/mol. The number of halogens is 4. The van der Waals surface area contributed by atoms with E-state index in [0.29, 0.717) is 44.0 Å². The Morgan fingerprint density at radius 2 is 1.91 bits per heavy atom. The molecule has 1 heterocycles. The van der Waals surface area contributed by atoms with Gasteiger partial charge in [-0.2, -0.15) is 9.78 Å². The SMILES string of the molecule is CCCCc1nc2ccc(Br)cc2c(=O)n1N=Cc1cc(Cl)cc(Br)c1OCc1ccc(F)cc1. The maximum Gasteiger partial charge on any atom is 0.282 e. The summed E-state index contributed by atoms with van der Waals surface area (Å²) in [5, 5.41) is 5.46. The number of benzene rings is 3. The molecule has 0 bridgehead atoms. The van der Waals surface area contributed by atoms with Crippen LogP contribution in [0.2, 0.25) is 5.02 Å². The van der Waals surface area contributed by atoms with Gasteiger partial charge in [-0.05, 0) is 70.4 Å². The molecule has 5 nitrogen and oxygen atoms in total. The zero-order chi connectivity index (χ0) is 24.9. The van der Waals surface area contributed by atoms with E-state index in [1.165, 1.54) is 16.8 Å². The van der Waals surface area contributed by atoms with Crippen molar-refractivity contribution in [1.82, 2.24) is 9.66 Å². The maximum atomic E-state index is 13.3. The van der Waals surface area contributed by atoms with Crippen LogP contribution in [0.25, 0.3) is 10.9 Å². The van der Waals surface area contributed by atoms with Crippen LogP contribution in [-0.2, 0) is 13.0 Å². The molecule has 4 aromatic rings. The molecule has 0 aliphatic carbocycles. The van der Waals surface area contributed by atoms with Crippen LogP contribution in [0.3, 0.4) is 0 Å². The highest BCUT2D eigenvalue weighted by atomic mass is 79.9. The van der Waals surface area contributed by atoms with Gasteiger partial charge in [-0.25, -0.2) is 9.37 Å². The smallest absolute Gasteiger partial charge is 0.282 e. The first-order valence-corrected chi connectivity index (χ1v) is 12.9. The maximum absolute atomic E-state index is 13.3. The van der Waals surface area contributed by atoms with Crippen LogP contribution in [-0.4, -0.2) is 15.9 Å². The summed E-state index contributed by atoms with van der Waals surface area (Å²) in [6, 6.07) is 14.9. The van der Waals surface area contributed by atoms with E-state index in [-0.39, 0.29) is 18.0 Å². The normalized spacial score (nSPS) is 11.5. The molecule has 0 fully saturated rings. The average molecular weight is 622 g/mol. The second-order valence-electron chi connectivity index (χ2n) is 7.88. The zero-order valence-electron chi connectivity index (χ0n) is 18.8. The molecular formula is C26H21Br2ClFN3O2. The molecule has 9 heteroatoms. The number of hydrogen-bond acceptors (Lipinski definition) is 4. The van der Waals surface area contributed by atoms with E-state index in [1.807, 2.05) is 12.1 Å². The van der Waals surface area contributed by atoms with Gasteiger partial charge < -0.3 is 4.74 Å². The van der Waals surface area contributed by atoms with Gasteiger partial charge >= 0.3 is 0 Å². The molecule has 0 radical (unpaired) electrons. The van der Waals surface area contributed by atoms with Gasteiger partial charge in [0.25, 0.3) is 5.56 Å². The Labute approximate surface area is 223 Å². The minimum atomic E-state index is -0.311. The Kier molecular flexibility index (Phi) is 8.36. The van der Waals surface area contributed by atoms with Gasteiger partial charge in [0.05, 0.1) is 21.6 Å². The Morgan fingerprint density at radius 3 is 2.66 bits per heavy atom. The lowest BCUT2D eigenvalue weighted by atomic mass is 10.2. The van der Waals surface area contributed by atoms with Crippen LogP contribution in [0.15, 0.2) is 73.4 Å². The number of aryl methyl sites for hydroxylation is 1. The van der Waals surface area contributed by atoms with Crippen molar-refractivity contribution in [3.63, 3.8) is 0 Å². The molecule has 35 heavy (non-hydrogen) atoms. The molecular weight excluding hydrogens is 601 g/mol. The summed E-state index contributed by atoms with van der Waals surface area (Å²) in [6.45, 7) is 2.30. The molecule has 0 saturated heterocycles. The van der Waals surface area contributed by atoms with E-state index >= 15 is 0 Å². The monoisotopic (exact) mass is 619 g/mol. The first kappa shape index (κ1) is 25.5. The molecule has 0 amide bonds. The fraction of sp³-hybridized carbons (Fsp3) is 0.192. The van der Waals surface area contributed by atoms with Gasteiger partial charge in [-0.3, -0.25) is 4.79 Å². The van der Waals surface area contributed by atoms with E-state index < -0.39 is 0 Å². The molecule has 4 rings (SSSR count). The van der Waals surface area contributed by atoms with Crippen LogP contribution >= 0.6 is 43.5 Å². The van der Waals surface area contributed by atoms with Crippen LogP contribution in [0.1, 0.15) is 36.7 Å². The number of fused-ring (bicyclic) bond motifs is 1. The highest BCUT2D eigenvalue weighted by Crippen LogP contribution is 2.32. The standard InChI is InChI=1S/C26H21Br2ClFN3O2/c1-2-3-4-24-32-23-10-7-18(27)12-21(23)26(34)33(24)31-14-17-11-19(29)13-22(28)25(17)35-15-16-5-8-20(30)9-6-16/h5-14H,2-4,15H2,1H3.